The van der Waals surface area contributed by atoms with Gasteiger partial charge in [0.15, 0.2) is 0 Å². The predicted octanol–water partition coefficient (Wildman–Crippen LogP) is 2.83. The summed E-state index contributed by atoms with van der Waals surface area (Å²) >= 11 is 0. The van der Waals surface area contributed by atoms with E-state index in [0.717, 1.165) is 17.0 Å². The third-order valence-electron chi connectivity index (χ3n) is 2.72. The van der Waals surface area contributed by atoms with E-state index in [9.17, 15) is 0 Å². The summed E-state index contributed by atoms with van der Waals surface area (Å²) in [7, 11) is 3.97. The predicted molar refractivity (Wildman–Crippen MR) is 74.2 cm³/mol. The highest BCUT2D eigenvalue weighted by Crippen LogP contribution is 2.28. The van der Waals surface area contributed by atoms with Gasteiger partial charge in [-0.2, -0.15) is 0 Å². The molecule has 2 aromatic rings. The Morgan fingerprint density at radius 1 is 1.22 bits per heavy atom. The highest BCUT2D eigenvalue weighted by Gasteiger charge is 2.06. The van der Waals surface area contributed by atoms with Crippen LogP contribution in [0.25, 0.3) is 0 Å². The van der Waals surface area contributed by atoms with Gasteiger partial charge in [-0.25, -0.2) is 4.98 Å². The van der Waals surface area contributed by atoms with Gasteiger partial charge in [-0.15, -0.1) is 0 Å². The van der Waals surface area contributed by atoms with E-state index in [1.807, 2.05) is 56.3 Å². The van der Waals surface area contributed by atoms with Gasteiger partial charge in [0.2, 0.25) is 5.88 Å². The van der Waals surface area contributed by atoms with Crippen molar-refractivity contribution in [1.82, 2.24) is 4.98 Å². The lowest BCUT2D eigenvalue weighted by Crippen LogP contribution is -2.08. The zero-order valence-corrected chi connectivity index (χ0v) is 10.8. The number of pyridine rings is 1. The molecule has 1 heterocycles. The topological polar surface area (TPSA) is 51.4 Å². The van der Waals surface area contributed by atoms with Crippen molar-refractivity contribution in [2.24, 2.45) is 0 Å². The molecule has 2 rings (SSSR count). The van der Waals surface area contributed by atoms with E-state index in [1.165, 1.54) is 0 Å². The molecule has 4 nitrogen and oxygen atoms in total. The van der Waals surface area contributed by atoms with Gasteiger partial charge < -0.3 is 15.4 Å². The highest BCUT2D eigenvalue weighted by atomic mass is 16.5. The van der Waals surface area contributed by atoms with Gasteiger partial charge in [0, 0.05) is 32.0 Å². The fourth-order valence-electron chi connectivity index (χ4n) is 1.56. The maximum absolute atomic E-state index is 5.93. The zero-order chi connectivity index (χ0) is 13.1. The lowest BCUT2D eigenvalue weighted by molar-refractivity contribution is 0.465. The number of aromatic nitrogens is 1. The van der Waals surface area contributed by atoms with Crippen LogP contribution in [-0.4, -0.2) is 19.1 Å². The van der Waals surface area contributed by atoms with E-state index in [1.54, 1.807) is 6.20 Å². The lowest BCUT2D eigenvalue weighted by Gasteiger charge is -2.14. The van der Waals surface area contributed by atoms with Crippen molar-refractivity contribution < 1.29 is 4.74 Å². The molecule has 0 unspecified atom stereocenters. The zero-order valence-electron chi connectivity index (χ0n) is 10.8. The van der Waals surface area contributed by atoms with Crippen molar-refractivity contribution in [3.63, 3.8) is 0 Å². The Morgan fingerprint density at radius 2 is 2.00 bits per heavy atom. The van der Waals surface area contributed by atoms with Crippen LogP contribution in [0, 0.1) is 6.92 Å². The lowest BCUT2D eigenvalue weighted by atomic mass is 10.2. The molecular weight excluding hydrogens is 226 g/mol. The van der Waals surface area contributed by atoms with Gasteiger partial charge in [0.25, 0.3) is 0 Å². The molecule has 0 saturated heterocycles. The minimum absolute atomic E-state index is 0.450. The Balaban J connectivity index is 2.28. The molecule has 0 aliphatic carbocycles. The second-order valence-electron chi connectivity index (χ2n) is 4.34. The van der Waals surface area contributed by atoms with Crippen LogP contribution < -0.4 is 15.4 Å². The first kappa shape index (κ1) is 12.2. The maximum atomic E-state index is 5.93. The van der Waals surface area contributed by atoms with Gasteiger partial charge >= 0.3 is 0 Å². The fraction of sp³-hybridized carbons (Fsp3) is 0.214. The van der Waals surface area contributed by atoms with Crippen molar-refractivity contribution >= 4 is 11.4 Å². The second kappa shape index (κ2) is 4.96. The Hall–Kier alpha value is -2.23. The summed E-state index contributed by atoms with van der Waals surface area (Å²) < 4.78 is 5.72. The van der Waals surface area contributed by atoms with Crippen LogP contribution in [0.3, 0.4) is 0 Å². The Bertz CT molecular complexity index is 552. The van der Waals surface area contributed by atoms with Crippen molar-refractivity contribution in [2.45, 2.75) is 6.92 Å². The molecule has 4 heteroatoms. The minimum Gasteiger partial charge on any atom is -0.437 e. The normalized spacial score (nSPS) is 10.2. The number of nitrogens with two attached hydrogens (primary N) is 1. The molecule has 0 aliphatic heterocycles. The van der Waals surface area contributed by atoms with E-state index in [-0.39, 0.29) is 0 Å². The molecular formula is C14H17N3O. The van der Waals surface area contributed by atoms with Crippen molar-refractivity contribution in [3.05, 3.63) is 42.1 Å². The van der Waals surface area contributed by atoms with Gasteiger partial charge in [0.1, 0.15) is 5.75 Å². The number of rotatable bonds is 3. The molecule has 0 radical (unpaired) electrons. The Kier molecular flexibility index (Phi) is 3.37. The molecule has 0 atom stereocenters. The highest BCUT2D eigenvalue weighted by molar-refractivity contribution is 5.56. The van der Waals surface area contributed by atoms with Crippen molar-refractivity contribution in [1.29, 1.82) is 0 Å². The Labute approximate surface area is 107 Å². The SMILES string of the molecule is Cc1ccnc(Oc2cccc(N(C)C)c2)c1N. The van der Waals surface area contributed by atoms with E-state index in [4.69, 9.17) is 10.5 Å². The summed E-state index contributed by atoms with van der Waals surface area (Å²) in [6.45, 7) is 1.93. The summed E-state index contributed by atoms with van der Waals surface area (Å²) in [5, 5.41) is 0. The summed E-state index contributed by atoms with van der Waals surface area (Å²) in [6.07, 6.45) is 1.69. The number of hydrogen-bond donors (Lipinski definition) is 1. The van der Waals surface area contributed by atoms with Gasteiger partial charge in [-0.1, -0.05) is 6.07 Å². The number of nitrogen functional groups attached to an aromatic ring is 1. The van der Waals surface area contributed by atoms with Crippen molar-refractivity contribution in [3.8, 4) is 11.6 Å². The largest absolute Gasteiger partial charge is 0.437 e. The minimum atomic E-state index is 0.450. The van der Waals surface area contributed by atoms with Gasteiger partial charge in [-0.05, 0) is 30.7 Å². The molecule has 1 aromatic heterocycles. The molecule has 0 saturated carbocycles. The van der Waals surface area contributed by atoms with E-state index < -0.39 is 0 Å². The monoisotopic (exact) mass is 243 g/mol. The number of ether oxygens (including phenoxy) is 1. The van der Waals surface area contributed by atoms with E-state index in [0.29, 0.717) is 11.6 Å². The van der Waals surface area contributed by atoms with Crippen LogP contribution in [-0.2, 0) is 0 Å². The van der Waals surface area contributed by atoms with Crippen LogP contribution in [0.4, 0.5) is 11.4 Å². The molecule has 94 valence electrons. The van der Waals surface area contributed by atoms with Crippen LogP contribution in [0.5, 0.6) is 11.6 Å². The molecule has 18 heavy (non-hydrogen) atoms. The van der Waals surface area contributed by atoms with E-state index in [2.05, 4.69) is 4.98 Å². The quantitative estimate of drug-likeness (QED) is 0.900. The number of benzene rings is 1. The third-order valence-corrected chi connectivity index (χ3v) is 2.72. The van der Waals surface area contributed by atoms with Crippen LogP contribution in [0.15, 0.2) is 36.5 Å². The molecule has 0 bridgehead atoms. The molecule has 0 spiro atoms. The first-order valence-corrected chi connectivity index (χ1v) is 5.74. The van der Waals surface area contributed by atoms with Crippen LogP contribution >= 0.6 is 0 Å². The maximum Gasteiger partial charge on any atom is 0.242 e. The number of aryl methyl sites for hydroxylation is 1. The van der Waals surface area contributed by atoms with E-state index >= 15 is 0 Å². The number of hydrogen-bond acceptors (Lipinski definition) is 4. The molecule has 0 amide bonds. The average molecular weight is 243 g/mol. The fourth-order valence-corrected chi connectivity index (χ4v) is 1.56. The molecule has 2 N–H and O–H groups in total. The van der Waals surface area contributed by atoms with Crippen LogP contribution in [0.2, 0.25) is 0 Å². The first-order valence-electron chi connectivity index (χ1n) is 5.74. The summed E-state index contributed by atoms with van der Waals surface area (Å²) in [6, 6.07) is 9.65. The number of nitrogens with zero attached hydrogens (tertiary/aromatic N) is 2. The van der Waals surface area contributed by atoms with Gasteiger partial charge in [-0.3, -0.25) is 0 Å². The first-order chi connectivity index (χ1) is 8.58. The van der Waals surface area contributed by atoms with Crippen LogP contribution in [0.1, 0.15) is 5.56 Å². The third kappa shape index (κ3) is 2.53. The molecule has 0 aliphatic rings. The molecule has 1 aromatic carbocycles. The number of anilines is 2. The van der Waals surface area contributed by atoms with Crippen molar-refractivity contribution in [2.75, 3.05) is 24.7 Å². The second-order valence-corrected chi connectivity index (χ2v) is 4.34. The standard InChI is InChI=1S/C14H17N3O/c1-10-7-8-16-14(13(10)15)18-12-6-4-5-11(9-12)17(2)3/h4-9H,15H2,1-3H3. The average Bonchev–Trinajstić information content (AvgIpc) is 2.35. The Morgan fingerprint density at radius 3 is 2.72 bits per heavy atom. The smallest absolute Gasteiger partial charge is 0.242 e. The summed E-state index contributed by atoms with van der Waals surface area (Å²) in [4.78, 5) is 6.16. The summed E-state index contributed by atoms with van der Waals surface area (Å²) in [5.74, 6) is 1.18. The summed E-state index contributed by atoms with van der Waals surface area (Å²) in [5.41, 5.74) is 8.54. The van der Waals surface area contributed by atoms with Gasteiger partial charge in [0.05, 0.1) is 5.69 Å². The molecule has 0 fully saturated rings.